The van der Waals surface area contributed by atoms with Gasteiger partial charge in [0, 0.05) is 36.7 Å². The van der Waals surface area contributed by atoms with Gasteiger partial charge in [0.1, 0.15) is 5.65 Å². The monoisotopic (exact) mass is 422 g/mol. The maximum Gasteiger partial charge on any atom is 0.131 e. The lowest BCUT2D eigenvalue weighted by Crippen LogP contribution is -2.05. The first-order valence-corrected chi connectivity index (χ1v) is 11.1. The minimum Gasteiger partial charge on any atom is -0.295 e. The second-order valence-electron chi connectivity index (χ2n) is 7.59. The third kappa shape index (κ3) is 2.06. The Kier molecular flexibility index (Phi) is 3.30. The standard InChI is InChI=1S/C26H15ClN2S/c27-16-13-14-22-21(15-16)29-25-19(10-6-12-23(25)30-22)24-18-9-4-5-11-20(18)28(26(24)29)17-7-2-1-3-8-17/h1-15H. The van der Waals surface area contributed by atoms with Gasteiger partial charge in [0.05, 0.1) is 16.7 Å². The summed E-state index contributed by atoms with van der Waals surface area (Å²) in [7, 11) is 0. The minimum atomic E-state index is 0.756. The fourth-order valence-electron chi connectivity index (χ4n) is 4.79. The van der Waals surface area contributed by atoms with Crippen LogP contribution in [0.1, 0.15) is 0 Å². The van der Waals surface area contributed by atoms with E-state index in [1.165, 1.54) is 42.6 Å². The largest absolute Gasteiger partial charge is 0.295 e. The Hall–Kier alpha value is -3.14. The summed E-state index contributed by atoms with van der Waals surface area (Å²) in [5.74, 6) is 0. The van der Waals surface area contributed by atoms with Crippen molar-refractivity contribution in [1.82, 2.24) is 9.13 Å². The molecule has 3 heterocycles. The van der Waals surface area contributed by atoms with Gasteiger partial charge in [-0.25, -0.2) is 0 Å². The van der Waals surface area contributed by atoms with Gasteiger partial charge in [0.15, 0.2) is 0 Å². The number of halogens is 1. The van der Waals surface area contributed by atoms with Crippen molar-refractivity contribution < 1.29 is 0 Å². The molecule has 0 bridgehead atoms. The molecule has 2 aromatic heterocycles. The average molecular weight is 423 g/mol. The number of hydrogen-bond acceptors (Lipinski definition) is 1. The first kappa shape index (κ1) is 16.6. The van der Waals surface area contributed by atoms with Gasteiger partial charge >= 0.3 is 0 Å². The van der Waals surface area contributed by atoms with E-state index in [0.717, 1.165) is 16.4 Å². The van der Waals surface area contributed by atoms with Crippen molar-refractivity contribution in [3.63, 3.8) is 0 Å². The molecule has 0 N–H and O–H groups in total. The first-order valence-electron chi connectivity index (χ1n) is 9.91. The molecule has 142 valence electrons. The summed E-state index contributed by atoms with van der Waals surface area (Å²) in [5, 5.41) is 4.60. The van der Waals surface area contributed by atoms with Crippen LogP contribution in [0.4, 0.5) is 0 Å². The highest BCUT2D eigenvalue weighted by Crippen LogP contribution is 2.49. The topological polar surface area (TPSA) is 9.86 Å². The summed E-state index contributed by atoms with van der Waals surface area (Å²) in [4.78, 5) is 2.50. The summed E-state index contributed by atoms with van der Waals surface area (Å²) in [6, 6.07) is 32.1. The molecule has 0 unspecified atom stereocenters. The Labute approximate surface area is 182 Å². The molecule has 0 saturated carbocycles. The maximum absolute atomic E-state index is 6.46. The van der Waals surface area contributed by atoms with Gasteiger partial charge in [-0.2, -0.15) is 0 Å². The highest BCUT2D eigenvalue weighted by molar-refractivity contribution is 7.99. The van der Waals surface area contributed by atoms with Crippen LogP contribution in [-0.4, -0.2) is 9.13 Å². The third-order valence-electron chi connectivity index (χ3n) is 5.95. The molecular weight excluding hydrogens is 408 g/mol. The molecule has 2 nitrogen and oxygen atoms in total. The van der Waals surface area contributed by atoms with E-state index in [4.69, 9.17) is 11.6 Å². The summed E-state index contributed by atoms with van der Waals surface area (Å²) < 4.78 is 4.79. The molecule has 6 aromatic rings. The molecule has 30 heavy (non-hydrogen) atoms. The molecular formula is C26H15ClN2S. The van der Waals surface area contributed by atoms with Gasteiger partial charge in [-0.3, -0.25) is 9.13 Å². The van der Waals surface area contributed by atoms with Crippen molar-refractivity contribution in [3.8, 4) is 11.4 Å². The number of rotatable bonds is 1. The molecule has 0 atom stereocenters. The summed E-state index contributed by atoms with van der Waals surface area (Å²) in [6.07, 6.45) is 0. The quantitative estimate of drug-likeness (QED) is 0.262. The van der Waals surface area contributed by atoms with Crippen molar-refractivity contribution in [1.29, 1.82) is 0 Å². The highest BCUT2D eigenvalue weighted by atomic mass is 35.5. The van der Waals surface area contributed by atoms with Crippen LogP contribution in [0.25, 0.3) is 44.2 Å². The Morgan fingerprint density at radius 1 is 0.667 bits per heavy atom. The van der Waals surface area contributed by atoms with E-state index in [-0.39, 0.29) is 0 Å². The zero-order valence-electron chi connectivity index (χ0n) is 15.8. The van der Waals surface area contributed by atoms with E-state index in [0.29, 0.717) is 0 Å². The van der Waals surface area contributed by atoms with E-state index in [1.54, 1.807) is 0 Å². The zero-order valence-corrected chi connectivity index (χ0v) is 17.4. The third-order valence-corrected chi connectivity index (χ3v) is 7.30. The lowest BCUT2D eigenvalue weighted by Gasteiger charge is -2.21. The average Bonchev–Trinajstić information content (AvgIpc) is 3.29. The van der Waals surface area contributed by atoms with Crippen molar-refractivity contribution in [2.75, 3.05) is 0 Å². The van der Waals surface area contributed by atoms with Crippen LogP contribution < -0.4 is 0 Å². The molecule has 1 aliphatic rings. The first-order chi connectivity index (χ1) is 14.8. The number of hydrogen-bond donors (Lipinski definition) is 0. The Balaban J connectivity index is 1.81. The molecule has 0 radical (unpaired) electrons. The normalized spacial score (nSPS) is 12.7. The SMILES string of the molecule is Clc1ccc2c(c1)-n1c3c(cccc3c3c4ccccc4n(-c4ccccc4)c31)S2. The second kappa shape index (κ2) is 5.94. The lowest BCUT2D eigenvalue weighted by atomic mass is 10.1. The van der Waals surface area contributed by atoms with E-state index < -0.39 is 0 Å². The molecule has 1 aliphatic heterocycles. The summed E-state index contributed by atoms with van der Waals surface area (Å²) in [5.41, 5.74) is 5.97. The second-order valence-corrected chi connectivity index (χ2v) is 9.11. The Bertz CT molecular complexity index is 1630. The smallest absolute Gasteiger partial charge is 0.131 e. The predicted octanol–water partition coefficient (Wildman–Crippen LogP) is 7.85. The van der Waals surface area contributed by atoms with Crippen molar-refractivity contribution in [3.05, 3.63) is 96.0 Å². The van der Waals surface area contributed by atoms with Gasteiger partial charge in [-0.1, -0.05) is 71.9 Å². The van der Waals surface area contributed by atoms with Gasteiger partial charge in [-0.05, 0) is 42.5 Å². The van der Waals surface area contributed by atoms with Crippen LogP contribution in [-0.2, 0) is 0 Å². The van der Waals surface area contributed by atoms with Crippen LogP contribution in [0.5, 0.6) is 0 Å². The molecule has 0 saturated heterocycles. The van der Waals surface area contributed by atoms with E-state index >= 15 is 0 Å². The molecule has 0 aliphatic carbocycles. The van der Waals surface area contributed by atoms with Gasteiger partial charge in [0.25, 0.3) is 0 Å². The number of fused-ring (bicyclic) bond motifs is 7. The molecule has 4 heteroatoms. The van der Waals surface area contributed by atoms with E-state index in [1.807, 2.05) is 17.8 Å². The van der Waals surface area contributed by atoms with Crippen molar-refractivity contribution in [2.24, 2.45) is 0 Å². The number of nitrogens with zero attached hydrogens (tertiary/aromatic N) is 2. The maximum atomic E-state index is 6.46. The molecule has 4 aromatic carbocycles. The Morgan fingerprint density at radius 2 is 1.47 bits per heavy atom. The van der Waals surface area contributed by atoms with E-state index in [9.17, 15) is 0 Å². The number of para-hydroxylation sites is 3. The number of benzene rings is 4. The fraction of sp³-hybridized carbons (Fsp3) is 0. The van der Waals surface area contributed by atoms with Gasteiger partial charge in [-0.15, -0.1) is 0 Å². The molecule has 7 rings (SSSR count). The van der Waals surface area contributed by atoms with Crippen LogP contribution in [0.2, 0.25) is 5.02 Å². The molecule has 0 amide bonds. The highest BCUT2D eigenvalue weighted by Gasteiger charge is 2.27. The van der Waals surface area contributed by atoms with Crippen molar-refractivity contribution >= 4 is 56.2 Å². The number of aromatic nitrogens is 2. The van der Waals surface area contributed by atoms with Crippen LogP contribution >= 0.6 is 23.4 Å². The lowest BCUT2D eigenvalue weighted by molar-refractivity contribution is 1.03. The predicted molar refractivity (Wildman–Crippen MR) is 127 cm³/mol. The van der Waals surface area contributed by atoms with E-state index in [2.05, 4.69) is 94.1 Å². The Morgan fingerprint density at radius 3 is 2.37 bits per heavy atom. The fourth-order valence-corrected chi connectivity index (χ4v) is 6.03. The minimum absolute atomic E-state index is 0.756. The van der Waals surface area contributed by atoms with Crippen LogP contribution in [0.3, 0.4) is 0 Å². The molecule has 0 spiro atoms. The van der Waals surface area contributed by atoms with Crippen molar-refractivity contribution in [2.45, 2.75) is 9.79 Å². The van der Waals surface area contributed by atoms with Crippen LogP contribution in [0, 0.1) is 0 Å². The summed E-state index contributed by atoms with van der Waals surface area (Å²) >= 11 is 8.28. The van der Waals surface area contributed by atoms with Crippen LogP contribution in [0.15, 0.2) is 101 Å². The molecule has 0 fully saturated rings. The van der Waals surface area contributed by atoms with Gasteiger partial charge in [0.2, 0.25) is 0 Å². The zero-order chi connectivity index (χ0) is 19.8. The summed E-state index contributed by atoms with van der Waals surface area (Å²) in [6.45, 7) is 0. The van der Waals surface area contributed by atoms with Gasteiger partial charge < -0.3 is 0 Å².